The molecule has 0 aromatic heterocycles. The Hall–Kier alpha value is -0.160. The van der Waals surface area contributed by atoms with Crippen LogP contribution in [-0.2, 0) is 4.74 Å². The van der Waals surface area contributed by atoms with Gasteiger partial charge in [0.25, 0.3) is 0 Å². The molecule has 4 nitrogen and oxygen atoms in total. The highest BCUT2D eigenvalue weighted by molar-refractivity contribution is 4.89. The zero-order chi connectivity index (χ0) is 12.1. The van der Waals surface area contributed by atoms with E-state index >= 15 is 0 Å². The van der Waals surface area contributed by atoms with Crippen molar-refractivity contribution in [3.05, 3.63) is 0 Å². The second-order valence-corrected chi connectivity index (χ2v) is 5.66. The molecule has 0 bridgehead atoms. The molecule has 0 spiro atoms. The van der Waals surface area contributed by atoms with Crippen molar-refractivity contribution in [1.29, 1.82) is 0 Å². The number of hydrogen-bond donors (Lipinski definition) is 2. The summed E-state index contributed by atoms with van der Waals surface area (Å²) >= 11 is 0. The topological polar surface area (TPSA) is 58.7 Å². The van der Waals surface area contributed by atoms with Crippen LogP contribution in [0.1, 0.15) is 32.1 Å². The monoisotopic (exact) mass is 242 g/mol. The predicted molar refractivity (Wildman–Crippen MR) is 67.8 cm³/mol. The third-order valence-corrected chi connectivity index (χ3v) is 4.37. The van der Waals surface area contributed by atoms with Gasteiger partial charge in [0, 0.05) is 31.2 Å². The summed E-state index contributed by atoms with van der Waals surface area (Å²) in [4.78, 5) is 2.45. The third-order valence-electron chi connectivity index (χ3n) is 4.37. The van der Waals surface area contributed by atoms with E-state index in [0.29, 0.717) is 12.6 Å². The van der Waals surface area contributed by atoms with Crippen molar-refractivity contribution in [3.63, 3.8) is 0 Å². The standard InChI is InChI=1S/C13H26N2O2/c14-9-13(5-7-17-11-13)10-15-6-3-1-2-4-12(15)8-16/h12,16H,1-11,14H2. The first kappa shape index (κ1) is 13.3. The fourth-order valence-corrected chi connectivity index (χ4v) is 3.08. The Kier molecular flexibility index (Phi) is 4.79. The van der Waals surface area contributed by atoms with Gasteiger partial charge in [-0.3, -0.25) is 4.90 Å². The van der Waals surface area contributed by atoms with Gasteiger partial charge in [0.2, 0.25) is 0 Å². The second kappa shape index (κ2) is 6.14. The van der Waals surface area contributed by atoms with Crippen molar-refractivity contribution < 1.29 is 9.84 Å². The number of nitrogens with two attached hydrogens (primary N) is 1. The molecule has 0 aromatic carbocycles. The number of hydrogen-bond acceptors (Lipinski definition) is 4. The molecule has 2 aliphatic rings. The van der Waals surface area contributed by atoms with Crippen LogP contribution in [0.5, 0.6) is 0 Å². The van der Waals surface area contributed by atoms with Crippen molar-refractivity contribution in [3.8, 4) is 0 Å². The van der Waals surface area contributed by atoms with Crippen molar-refractivity contribution >= 4 is 0 Å². The minimum Gasteiger partial charge on any atom is -0.395 e. The molecule has 2 atom stereocenters. The minimum atomic E-state index is 0.137. The van der Waals surface area contributed by atoms with Gasteiger partial charge in [0.05, 0.1) is 13.2 Å². The lowest BCUT2D eigenvalue weighted by molar-refractivity contribution is 0.0662. The lowest BCUT2D eigenvalue weighted by Gasteiger charge is -2.36. The van der Waals surface area contributed by atoms with Crippen molar-refractivity contribution in [1.82, 2.24) is 4.90 Å². The predicted octanol–water partition coefficient (Wildman–Crippen LogP) is 0.589. The van der Waals surface area contributed by atoms with Crippen LogP contribution < -0.4 is 5.73 Å². The van der Waals surface area contributed by atoms with Gasteiger partial charge in [0.15, 0.2) is 0 Å². The van der Waals surface area contributed by atoms with Crippen molar-refractivity contribution in [2.45, 2.75) is 38.1 Å². The average molecular weight is 242 g/mol. The van der Waals surface area contributed by atoms with Gasteiger partial charge in [-0.25, -0.2) is 0 Å². The summed E-state index contributed by atoms with van der Waals surface area (Å²) in [6.07, 6.45) is 5.97. The summed E-state index contributed by atoms with van der Waals surface area (Å²) in [5.41, 5.74) is 6.08. The zero-order valence-corrected chi connectivity index (χ0v) is 10.7. The van der Waals surface area contributed by atoms with E-state index in [-0.39, 0.29) is 12.0 Å². The molecule has 2 aliphatic heterocycles. The van der Waals surface area contributed by atoms with E-state index in [2.05, 4.69) is 4.90 Å². The lowest BCUT2D eigenvalue weighted by atomic mass is 9.86. The van der Waals surface area contributed by atoms with Crippen molar-refractivity contribution in [2.24, 2.45) is 11.1 Å². The van der Waals surface area contributed by atoms with Gasteiger partial charge in [-0.15, -0.1) is 0 Å². The van der Waals surface area contributed by atoms with E-state index in [1.807, 2.05) is 0 Å². The van der Waals surface area contributed by atoms with Gasteiger partial charge in [-0.1, -0.05) is 12.8 Å². The molecule has 0 saturated carbocycles. The fourth-order valence-electron chi connectivity index (χ4n) is 3.08. The maximum Gasteiger partial charge on any atom is 0.0586 e. The average Bonchev–Trinajstić information content (AvgIpc) is 2.70. The summed E-state index contributed by atoms with van der Waals surface area (Å²) in [6, 6.07) is 0.335. The molecule has 2 rings (SSSR count). The molecule has 0 aliphatic carbocycles. The third kappa shape index (κ3) is 3.19. The van der Waals surface area contributed by atoms with E-state index < -0.39 is 0 Å². The summed E-state index contributed by atoms with van der Waals surface area (Å²) in [6.45, 7) is 4.71. The fraction of sp³-hybridized carbons (Fsp3) is 1.00. The Morgan fingerprint density at radius 2 is 2.24 bits per heavy atom. The molecule has 0 radical (unpaired) electrons. The van der Waals surface area contributed by atoms with Crippen LogP contribution in [0.4, 0.5) is 0 Å². The Bertz CT molecular complexity index is 229. The van der Waals surface area contributed by atoms with Crippen LogP contribution in [0.2, 0.25) is 0 Å². The maximum absolute atomic E-state index is 9.51. The van der Waals surface area contributed by atoms with Crippen LogP contribution in [-0.4, -0.2) is 55.5 Å². The van der Waals surface area contributed by atoms with E-state index in [0.717, 1.165) is 39.1 Å². The molecular formula is C13H26N2O2. The molecular weight excluding hydrogens is 216 g/mol. The van der Waals surface area contributed by atoms with Gasteiger partial charge in [-0.2, -0.15) is 0 Å². The molecule has 17 heavy (non-hydrogen) atoms. The number of aliphatic hydroxyl groups excluding tert-OH is 1. The summed E-state index contributed by atoms with van der Waals surface area (Å²) in [5, 5.41) is 9.51. The van der Waals surface area contributed by atoms with Crippen LogP contribution in [0.25, 0.3) is 0 Å². The summed E-state index contributed by atoms with van der Waals surface area (Å²) in [7, 11) is 0. The molecule has 0 amide bonds. The number of ether oxygens (including phenoxy) is 1. The SMILES string of the molecule is NCC1(CN2CCCCCC2CO)CCOC1. The first-order valence-corrected chi connectivity index (χ1v) is 6.92. The smallest absolute Gasteiger partial charge is 0.0586 e. The van der Waals surface area contributed by atoms with Crippen LogP contribution in [0.15, 0.2) is 0 Å². The highest BCUT2D eigenvalue weighted by atomic mass is 16.5. The minimum absolute atomic E-state index is 0.137. The molecule has 2 unspecified atom stereocenters. The maximum atomic E-state index is 9.51. The van der Waals surface area contributed by atoms with Crippen LogP contribution in [0.3, 0.4) is 0 Å². The number of nitrogens with zero attached hydrogens (tertiary/aromatic N) is 1. The number of likely N-dealkylation sites (tertiary alicyclic amines) is 1. The molecule has 0 aromatic rings. The summed E-state index contributed by atoms with van der Waals surface area (Å²) in [5.74, 6) is 0. The van der Waals surface area contributed by atoms with E-state index in [1.54, 1.807) is 0 Å². The molecule has 2 saturated heterocycles. The highest BCUT2D eigenvalue weighted by Gasteiger charge is 2.37. The summed E-state index contributed by atoms with van der Waals surface area (Å²) < 4.78 is 5.52. The molecule has 100 valence electrons. The highest BCUT2D eigenvalue weighted by Crippen LogP contribution is 2.30. The van der Waals surface area contributed by atoms with Crippen molar-refractivity contribution in [2.75, 3.05) is 39.5 Å². The molecule has 4 heteroatoms. The normalized spacial score (nSPS) is 36.0. The first-order valence-electron chi connectivity index (χ1n) is 6.92. The Labute approximate surface area is 104 Å². The molecule has 2 fully saturated rings. The van der Waals surface area contributed by atoms with Gasteiger partial charge < -0.3 is 15.6 Å². The van der Waals surface area contributed by atoms with Gasteiger partial charge in [0.1, 0.15) is 0 Å². The number of rotatable bonds is 4. The van der Waals surface area contributed by atoms with E-state index in [1.165, 1.54) is 19.3 Å². The van der Waals surface area contributed by atoms with Gasteiger partial charge in [-0.05, 0) is 25.8 Å². The largest absolute Gasteiger partial charge is 0.395 e. The number of aliphatic hydroxyl groups is 1. The Balaban J connectivity index is 1.98. The quantitative estimate of drug-likeness (QED) is 0.757. The van der Waals surface area contributed by atoms with E-state index in [9.17, 15) is 5.11 Å². The van der Waals surface area contributed by atoms with Gasteiger partial charge >= 0.3 is 0 Å². The van der Waals surface area contributed by atoms with Crippen LogP contribution in [0, 0.1) is 5.41 Å². The zero-order valence-electron chi connectivity index (χ0n) is 10.7. The first-order chi connectivity index (χ1) is 8.29. The molecule has 3 N–H and O–H groups in total. The molecule has 2 heterocycles. The van der Waals surface area contributed by atoms with Crippen LogP contribution >= 0.6 is 0 Å². The Morgan fingerprint density at radius 3 is 2.88 bits per heavy atom. The second-order valence-electron chi connectivity index (χ2n) is 5.66. The Morgan fingerprint density at radius 1 is 1.35 bits per heavy atom. The lowest BCUT2D eigenvalue weighted by Crippen LogP contribution is -2.48. The van der Waals surface area contributed by atoms with E-state index in [4.69, 9.17) is 10.5 Å².